The van der Waals surface area contributed by atoms with E-state index in [1.165, 1.54) is 0 Å². The molecule has 3 heteroatoms. The Morgan fingerprint density at radius 2 is 2.13 bits per heavy atom. The number of carbonyl (C=O) groups excluding carboxylic acids is 1. The van der Waals surface area contributed by atoms with E-state index < -0.39 is 0 Å². The van der Waals surface area contributed by atoms with Gasteiger partial charge in [0.2, 0.25) is 0 Å². The minimum atomic E-state index is 0.152. The molecule has 1 aromatic heterocycles. The summed E-state index contributed by atoms with van der Waals surface area (Å²) in [7, 11) is 4.15. The fraction of sp³-hybridized carbons (Fsp3) is 0.583. The summed E-state index contributed by atoms with van der Waals surface area (Å²) in [4.78, 5) is 13.4. The molecule has 84 valence electrons. The lowest BCUT2D eigenvalue weighted by Gasteiger charge is -2.11. The Hall–Kier alpha value is -1.09. The zero-order valence-electron chi connectivity index (χ0n) is 10.1. The average Bonchev–Trinajstić information content (AvgIpc) is 2.47. The van der Waals surface area contributed by atoms with Crippen molar-refractivity contribution in [1.82, 2.24) is 9.47 Å². The summed E-state index contributed by atoms with van der Waals surface area (Å²) in [6.07, 6.45) is 3.11. The first-order valence-corrected chi connectivity index (χ1v) is 5.33. The second-order valence-electron chi connectivity index (χ2n) is 4.22. The molecule has 0 atom stereocenters. The smallest absolute Gasteiger partial charge is 0.161 e. The van der Waals surface area contributed by atoms with Gasteiger partial charge in [-0.3, -0.25) is 4.79 Å². The lowest BCUT2D eigenvalue weighted by Crippen LogP contribution is -2.15. The number of nitrogens with zero attached hydrogens (tertiary/aromatic N) is 2. The van der Waals surface area contributed by atoms with Gasteiger partial charge in [0.1, 0.15) is 0 Å². The van der Waals surface area contributed by atoms with Gasteiger partial charge in [0.15, 0.2) is 5.78 Å². The highest BCUT2D eigenvalue weighted by Crippen LogP contribution is 2.11. The summed E-state index contributed by atoms with van der Waals surface area (Å²) in [5.74, 6) is 0.152. The molecule has 15 heavy (non-hydrogen) atoms. The molecule has 1 rings (SSSR count). The third kappa shape index (κ3) is 3.20. The molecule has 0 aliphatic heterocycles. The lowest BCUT2D eigenvalue weighted by atomic mass is 10.2. The standard InChI is InChI=1S/C12H20N2O/c1-10-12(11(2)15)6-9-14(10)8-5-7-13(3)4/h6,9H,5,7-8H2,1-4H3. The monoisotopic (exact) mass is 208 g/mol. The quantitative estimate of drug-likeness (QED) is 0.691. The minimum Gasteiger partial charge on any atom is -0.351 e. The molecule has 3 nitrogen and oxygen atoms in total. The molecule has 0 unspecified atom stereocenters. The topological polar surface area (TPSA) is 25.2 Å². The first kappa shape index (κ1) is 12.0. The van der Waals surface area contributed by atoms with Crippen LogP contribution >= 0.6 is 0 Å². The van der Waals surface area contributed by atoms with Crippen LogP contribution < -0.4 is 0 Å². The first-order valence-electron chi connectivity index (χ1n) is 5.33. The summed E-state index contributed by atoms with van der Waals surface area (Å²) in [5, 5.41) is 0. The highest BCUT2D eigenvalue weighted by molar-refractivity contribution is 5.95. The molecular weight excluding hydrogens is 188 g/mol. The minimum absolute atomic E-state index is 0.152. The molecule has 0 aliphatic carbocycles. The van der Waals surface area contributed by atoms with Gasteiger partial charge in [0.05, 0.1) is 0 Å². The molecule has 0 spiro atoms. The Balaban J connectivity index is 2.59. The second-order valence-corrected chi connectivity index (χ2v) is 4.22. The highest BCUT2D eigenvalue weighted by Gasteiger charge is 2.07. The van der Waals surface area contributed by atoms with Crippen molar-refractivity contribution in [2.24, 2.45) is 0 Å². The van der Waals surface area contributed by atoms with Crippen molar-refractivity contribution < 1.29 is 4.79 Å². The van der Waals surface area contributed by atoms with Crippen LogP contribution in [0, 0.1) is 6.92 Å². The van der Waals surface area contributed by atoms with Crippen LogP contribution in [0.3, 0.4) is 0 Å². The van der Waals surface area contributed by atoms with Crippen LogP contribution in [0.2, 0.25) is 0 Å². The third-order valence-corrected chi connectivity index (χ3v) is 2.63. The normalized spacial score (nSPS) is 11.0. The number of ketones is 1. The van der Waals surface area contributed by atoms with Gasteiger partial charge in [-0.25, -0.2) is 0 Å². The van der Waals surface area contributed by atoms with Gasteiger partial charge in [0, 0.05) is 24.0 Å². The van der Waals surface area contributed by atoms with E-state index in [0.717, 1.165) is 30.8 Å². The second kappa shape index (κ2) is 5.12. The Labute approximate surface area is 91.7 Å². The molecule has 0 amide bonds. The highest BCUT2D eigenvalue weighted by atomic mass is 16.1. The fourth-order valence-electron chi connectivity index (χ4n) is 1.72. The van der Waals surface area contributed by atoms with E-state index in [0.29, 0.717) is 0 Å². The molecular formula is C12H20N2O. The van der Waals surface area contributed by atoms with Crippen LogP contribution in [0.1, 0.15) is 29.4 Å². The van der Waals surface area contributed by atoms with Crippen molar-refractivity contribution in [3.8, 4) is 0 Å². The van der Waals surface area contributed by atoms with E-state index in [1.54, 1.807) is 6.92 Å². The number of carbonyl (C=O) groups is 1. The van der Waals surface area contributed by atoms with E-state index in [2.05, 4.69) is 23.6 Å². The molecule has 1 aromatic rings. The van der Waals surface area contributed by atoms with Crippen LogP contribution in [0.5, 0.6) is 0 Å². The maximum absolute atomic E-state index is 11.2. The predicted molar refractivity (Wildman–Crippen MR) is 62.3 cm³/mol. The number of aryl methyl sites for hydroxylation is 1. The summed E-state index contributed by atoms with van der Waals surface area (Å²) in [6, 6.07) is 1.91. The van der Waals surface area contributed by atoms with Gasteiger partial charge in [-0.05, 0) is 47.0 Å². The SMILES string of the molecule is CC(=O)c1ccn(CCCN(C)C)c1C. The van der Waals surface area contributed by atoms with Gasteiger partial charge < -0.3 is 9.47 Å². The number of rotatable bonds is 5. The molecule has 0 saturated heterocycles. The van der Waals surface area contributed by atoms with Crippen molar-refractivity contribution in [3.05, 3.63) is 23.5 Å². The molecule has 0 N–H and O–H groups in total. The molecule has 0 radical (unpaired) electrons. The van der Waals surface area contributed by atoms with Crippen molar-refractivity contribution in [1.29, 1.82) is 0 Å². The first-order chi connectivity index (χ1) is 7.02. The zero-order chi connectivity index (χ0) is 11.4. The number of hydrogen-bond donors (Lipinski definition) is 0. The fourth-order valence-corrected chi connectivity index (χ4v) is 1.72. The average molecular weight is 208 g/mol. The molecule has 0 aliphatic rings. The maximum atomic E-state index is 11.2. The number of aromatic nitrogens is 1. The van der Waals surface area contributed by atoms with Gasteiger partial charge in [-0.15, -0.1) is 0 Å². The molecule has 0 saturated carbocycles. The van der Waals surface area contributed by atoms with E-state index in [4.69, 9.17) is 0 Å². The summed E-state index contributed by atoms with van der Waals surface area (Å²) in [6.45, 7) is 5.68. The van der Waals surface area contributed by atoms with Gasteiger partial charge in [0.25, 0.3) is 0 Å². The van der Waals surface area contributed by atoms with E-state index in [9.17, 15) is 4.79 Å². The van der Waals surface area contributed by atoms with Crippen LogP contribution in [0.25, 0.3) is 0 Å². The summed E-state index contributed by atoms with van der Waals surface area (Å²) < 4.78 is 2.15. The van der Waals surface area contributed by atoms with Crippen molar-refractivity contribution in [2.45, 2.75) is 26.8 Å². The Morgan fingerprint density at radius 3 is 2.60 bits per heavy atom. The van der Waals surface area contributed by atoms with E-state index in [-0.39, 0.29) is 5.78 Å². The van der Waals surface area contributed by atoms with Gasteiger partial charge in [-0.2, -0.15) is 0 Å². The Morgan fingerprint density at radius 1 is 1.47 bits per heavy atom. The number of hydrogen-bond acceptors (Lipinski definition) is 2. The van der Waals surface area contributed by atoms with E-state index in [1.807, 2.05) is 19.2 Å². The zero-order valence-corrected chi connectivity index (χ0v) is 10.1. The summed E-state index contributed by atoms with van der Waals surface area (Å²) >= 11 is 0. The Kier molecular flexibility index (Phi) is 4.09. The molecule has 0 fully saturated rings. The largest absolute Gasteiger partial charge is 0.351 e. The summed E-state index contributed by atoms with van der Waals surface area (Å²) in [5.41, 5.74) is 1.93. The molecule has 0 bridgehead atoms. The van der Waals surface area contributed by atoms with Crippen LogP contribution in [0.15, 0.2) is 12.3 Å². The van der Waals surface area contributed by atoms with Gasteiger partial charge in [-0.1, -0.05) is 0 Å². The van der Waals surface area contributed by atoms with Crippen molar-refractivity contribution in [3.63, 3.8) is 0 Å². The van der Waals surface area contributed by atoms with Crippen LogP contribution in [0.4, 0.5) is 0 Å². The molecule has 0 aromatic carbocycles. The van der Waals surface area contributed by atoms with Crippen LogP contribution in [-0.4, -0.2) is 35.9 Å². The third-order valence-electron chi connectivity index (χ3n) is 2.63. The van der Waals surface area contributed by atoms with Crippen molar-refractivity contribution in [2.75, 3.05) is 20.6 Å². The molecule has 1 heterocycles. The van der Waals surface area contributed by atoms with Crippen molar-refractivity contribution >= 4 is 5.78 Å². The lowest BCUT2D eigenvalue weighted by molar-refractivity contribution is 0.101. The number of Topliss-reactive ketones (excluding diaryl/α,β-unsaturated/α-hetero) is 1. The predicted octanol–water partition coefficient (Wildman–Crippen LogP) is 1.95. The van der Waals surface area contributed by atoms with E-state index >= 15 is 0 Å². The van der Waals surface area contributed by atoms with Gasteiger partial charge >= 0.3 is 0 Å². The van der Waals surface area contributed by atoms with Crippen LogP contribution in [-0.2, 0) is 6.54 Å². The Bertz CT molecular complexity index is 339. The maximum Gasteiger partial charge on any atom is 0.161 e.